The summed E-state index contributed by atoms with van der Waals surface area (Å²) in [6.07, 6.45) is 9.31. The van der Waals surface area contributed by atoms with Gasteiger partial charge in [0.25, 0.3) is 0 Å². The molecule has 0 amide bonds. The van der Waals surface area contributed by atoms with Crippen LogP contribution in [0.1, 0.15) is 181 Å². The Morgan fingerprint density at radius 3 is 1.22 bits per heavy atom. The van der Waals surface area contributed by atoms with Crippen molar-refractivity contribution in [2.75, 3.05) is 0 Å². The molecule has 0 aliphatic carbocycles. The van der Waals surface area contributed by atoms with Crippen LogP contribution in [-0.4, -0.2) is 9.52 Å². The van der Waals surface area contributed by atoms with E-state index in [1.54, 1.807) is 0 Å². The van der Waals surface area contributed by atoms with Crippen molar-refractivity contribution in [3.8, 4) is 33.4 Å². The summed E-state index contributed by atoms with van der Waals surface area (Å²) in [5.74, 6) is 0. The Morgan fingerprint density at radius 2 is 0.838 bits per heavy atom. The van der Waals surface area contributed by atoms with Gasteiger partial charge in [-0.2, -0.15) is 41.6 Å². The number of fused-ring (bicyclic) bond motifs is 5. The number of hydrogen-bond acceptors (Lipinski definition) is 0. The van der Waals surface area contributed by atoms with Crippen LogP contribution in [0, 0.1) is 6.07 Å². The molecule has 0 saturated carbocycles. The summed E-state index contributed by atoms with van der Waals surface area (Å²) in [6, 6.07) is 52.0. The Hall–Kier alpha value is -3.78. The van der Waals surface area contributed by atoms with Crippen molar-refractivity contribution >= 4 is 58.5 Å². The molecule has 1 heterocycles. The largest absolute Gasteiger partial charge is 0.184 e. The predicted octanol–water partition coefficient (Wildman–Crippen LogP) is 20.0. The van der Waals surface area contributed by atoms with Gasteiger partial charge in [0, 0.05) is 0 Å². The minimum atomic E-state index is -0.826. The molecule has 0 bridgehead atoms. The molecule has 0 unspecified atom stereocenters. The van der Waals surface area contributed by atoms with Gasteiger partial charge in [-0.25, -0.2) is 0 Å². The van der Waals surface area contributed by atoms with E-state index in [2.05, 4.69) is 238 Å². The zero-order valence-electron chi connectivity index (χ0n) is 48.0. The van der Waals surface area contributed by atoms with Gasteiger partial charge in [0.2, 0.25) is 0 Å². The van der Waals surface area contributed by atoms with Gasteiger partial charge >= 0.3 is 37.9 Å². The Kier molecular flexibility index (Phi) is 20.6. The molecule has 0 spiro atoms. The zero-order valence-corrected chi connectivity index (χ0v) is 53.0. The average molecular weight is 1120 g/mol. The molecule has 0 nitrogen and oxygen atoms in total. The first-order valence-electron chi connectivity index (χ1n) is 27.5. The number of rotatable bonds is 10. The van der Waals surface area contributed by atoms with Gasteiger partial charge in [-0.3, -0.25) is 0 Å². The van der Waals surface area contributed by atoms with Crippen molar-refractivity contribution in [1.29, 1.82) is 0 Å². The van der Waals surface area contributed by atoms with Crippen LogP contribution in [0.3, 0.4) is 0 Å². The number of benzene rings is 6. The SMILES string of the molecule is CCCc1cc2c(-c3cc(C(C)(C)C)cc(C(C)(C)C)c3)c(CCC)ccc2[cH-]1.CCCc1cc2c(-c3cc(C(C)(C)C)cc(C(C)(C)C)c3)c(CCC)ccc2[cH-]1.[Cl][Zr][Cl].[c-]1cccc2c1[Si]c1ccccc1-2. The molecule has 0 fully saturated rings. The molecule has 0 N–H and O–H groups in total. The minimum absolute atomic E-state index is 0.133. The summed E-state index contributed by atoms with van der Waals surface area (Å²) in [5, 5.41) is 8.47. The molecule has 0 aromatic heterocycles. The maximum atomic E-state index is 4.93. The summed E-state index contributed by atoms with van der Waals surface area (Å²) in [5.41, 5.74) is 20.6. The van der Waals surface area contributed by atoms with Crippen LogP contribution in [0.4, 0.5) is 0 Å². The molecular weight excluding hydrogens is 1030 g/mol. The topological polar surface area (TPSA) is 0 Å². The fourth-order valence-electron chi connectivity index (χ4n) is 10.3. The van der Waals surface area contributed by atoms with E-state index in [1.807, 2.05) is 6.07 Å². The molecule has 1 aliphatic heterocycles. The Balaban J connectivity index is 0.000000186. The normalized spacial score (nSPS) is 12.3. The second kappa shape index (κ2) is 25.6. The van der Waals surface area contributed by atoms with Gasteiger partial charge in [0.1, 0.15) is 0 Å². The summed E-state index contributed by atoms with van der Waals surface area (Å²) < 4.78 is 0. The zero-order chi connectivity index (χ0) is 54.2. The van der Waals surface area contributed by atoms with E-state index in [1.165, 1.54) is 135 Å². The van der Waals surface area contributed by atoms with Crippen LogP contribution in [0.2, 0.25) is 0 Å². The standard InChI is InChI=1S/2C29H39.C12H7Si.2ClH.Zr/c2*1-9-11-20-15-22-14-13-21(12-10-2)27(26(22)16-20)23-17-24(28(3,4)5)19-25(18-23)29(6,7)8;1-3-7-11-9(5-1)10-6-2-4-8-12(10)13-11;;;/h2*13-19H,9-12H2,1-8H3;1-7H;2*1H;/q3*-1;;;+2/p-2. The van der Waals surface area contributed by atoms with Gasteiger partial charge in [-0.1, -0.05) is 230 Å². The summed E-state index contributed by atoms with van der Waals surface area (Å²) in [4.78, 5) is 0. The van der Waals surface area contributed by atoms with Crippen molar-refractivity contribution in [2.45, 2.75) is 184 Å². The van der Waals surface area contributed by atoms with Crippen molar-refractivity contribution < 1.29 is 20.8 Å². The molecule has 8 aromatic carbocycles. The fraction of sp³-hybridized carbons (Fsp3) is 0.400. The Bertz CT molecular complexity index is 2840. The molecule has 74 heavy (non-hydrogen) atoms. The maximum absolute atomic E-state index is 4.93. The summed E-state index contributed by atoms with van der Waals surface area (Å²) >= 11 is -0.826. The first-order chi connectivity index (χ1) is 34.9. The number of aryl methyl sites for hydroxylation is 4. The van der Waals surface area contributed by atoms with E-state index in [9.17, 15) is 0 Å². The maximum Gasteiger partial charge on any atom is 0.0920 e. The van der Waals surface area contributed by atoms with E-state index >= 15 is 0 Å². The van der Waals surface area contributed by atoms with E-state index in [-0.39, 0.29) is 21.7 Å². The monoisotopic (exact) mass is 1110 g/mol. The van der Waals surface area contributed by atoms with E-state index < -0.39 is 20.8 Å². The Morgan fingerprint density at radius 1 is 0.459 bits per heavy atom. The van der Waals surface area contributed by atoms with Gasteiger partial charge in [-0.05, 0) is 80.7 Å². The van der Waals surface area contributed by atoms with Crippen molar-refractivity contribution in [3.63, 3.8) is 0 Å². The van der Waals surface area contributed by atoms with Crippen LogP contribution < -0.4 is 10.4 Å². The number of hydrogen-bond donors (Lipinski definition) is 0. The third-order valence-corrected chi connectivity index (χ3v) is 15.8. The van der Waals surface area contributed by atoms with Crippen LogP contribution >= 0.6 is 17.0 Å². The molecule has 1 aliphatic rings. The summed E-state index contributed by atoms with van der Waals surface area (Å²) in [7, 11) is 10.7. The number of halogens is 2. The molecule has 8 aromatic rings. The van der Waals surface area contributed by atoms with E-state index in [0.717, 1.165) is 35.2 Å². The fourth-order valence-corrected chi connectivity index (χ4v) is 11.6. The van der Waals surface area contributed by atoms with Crippen molar-refractivity contribution in [2.24, 2.45) is 0 Å². The average Bonchev–Trinajstić information content (AvgIpc) is 4.06. The molecular formula is C70H85Cl2SiZr-3. The molecule has 390 valence electrons. The predicted molar refractivity (Wildman–Crippen MR) is 328 cm³/mol. The Labute approximate surface area is 470 Å². The second-order valence-electron chi connectivity index (χ2n) is 24.7. The van der Waals surface area contributed by atoms with Crippen LogP contribution in [0.5, 0.6) is 0 Å². The van der Waals surface area contributed by atoms with Gasteiger partial charge in [0.15, 0.2) is 0 Å². The molecule has 0 saturated heterocycles. The molecule has 9 rings (SSSR count). The minimum Gasteiger partial charge on any atom is -0.184 e. The molecule has 4 heteroatoms. The third-order valence-electron chi connectivity index (χ3n) is 14.4. The van der Waals surface area contributed by atoms with Gasteiger partial charge in [-0.15, -0.1) is 74.6 Å². The van der Waals surface area contributed by atoms with Crippen LogP contribution in [-0.2, 0) is 68.2 Å². The van der Waals surface area contributed by atoms with Crippen LogP contribution in [0.15, 0.2) is 127 Å². The van der Waals surface area contributed by atoms with Crippen molar-refractivity contribution in [1.82, 2.24) is 0 Å². The van der Waals surface area contributed by atoms with Gasteiger partial charge < -0.3 is 0 Å². The van der Waals surface area contributed by atoms with E-state index in [4.69, 9.17) is 17.0 Å². The third kappa shape index (κ3) is 14.8. The molecule has 2 radical (unpaired) electrons. The summed E-state index contributed by atoms with van der Waals surface area (Å²) in [6.45, 7) is 37.0. The molecule has 0 atom stereocenters. The first kappa shape index (κ1) is 59.5. The van der Waals surface area contributed by atoms with Crippen LogP contribution in [0.25, 0.3) is 54.9 Å². The quantitative estimate of drug-likeness (QED) is 0.0946. The van der Waals surface area contributed by atoms with Crippen molar-refractivity contribution in [3.05, 3.63) is 178 Å². The second-order valence-corrected chi connectivity index (χ2v) is 29.8. The smallest absolute Gasteiger partial charge is 0.0920 e. The first-order valence-corrected chi connectivity index (χ1v) is 34.9. The van der Waals surface area contributed by atoms with Gasteiger partial charge in [0.05, 0.1) is 9.52 Å². The van der Waals surface area contributed by atoms with E-state index in [0.29, 0.717) is 0 Å².